The van der Waals surface area contributed by atoms with Crippen LogP contribution in [0.3, 0.4) is 0 Å². The Bertz CT molecular complexity index is 1060. The number of hydrogen-bond donors (Lipinski definition) is 1. The van der Waals surface area contributed by atoms with Crippen LogP contribution in [0.5, 0.6) is 0 Å². The zero-order chi connectivity index (χ0) is 17.4. The van der Waals surface area contributed by atoms with Gasteiger partial charge in [0.25, 0.3) is 5.91 Å². The number of oxazole rings is 1. The van der Waals surface area contributed by atoms with E-state index in [1.807, 2.05) is 50.2 Å². The molecule has 0 unspecified atom stereocenters. The van der Waals surface area contributed by atoms with Crippen molar-refractivity contribution in [3.63, 3.8) is 0 Å². The van der Waals surface area contributed by atoms with Crippen LogP contribution in [0.4, 0.5) is 5.69 Å². The highest BCUT2D eigenvalue weighted by Crippen LogP contribution is 2.27. The molecule has 25 heavy (non-hydrogen) atoms. The van der Waals surface area contributed by atoms with Gasteiger partial charge >= 0.3 is 0 Å². The number of benzene rings is 2. The standard InChI is InChI=1S/C20H16N2O3/c1-12-3-6-15-17(11-25-18(15)9-12)19(23)22-14-5-4-13(2)16(10-14)20-21-7-8-24-20/h3-11H,1-2H3,(H,22,23). The maximum atomic E-state index is 12.6. The first kappa shape index (κ1) is 15.2. The number of hydrogen-bond acceptors (Lipinski definition) is 4. The Hall–Kier alpha value is -3.34. The first-order valence-electron chi connectivity index (χ1n) is 7.91. The number of carbonyl (C=O) groups excluding carboxylic acids is 1. The smallest absolute Gasteiger partial charge is 0.259 e. The van der Waals surface area contributed by atoms with E-state index in [4.69, 9.17) is 8.83 Å². The number of fused-ring (bicyclic) bond motifs is 1. The van der Waals surface area contributed by atoms with Crippen LogP contribution in [-0.2, 0) is 0 Å². The van der Waals surface area contributed by atoms with Crippen molar-refractivity contribution in [3.05, 3.63) is 71.8 Å². The maximum absolute atomic E-state index is 12.6. The lowest BCUT2D eigenvalue weighted by Crippen LogP contribution is -2.11. The molecule has 0 radical (unpaired) electrons. The number of anilines is 1. The number of amides is 1. The van der Waals surface area contributed by atoms with Gasteiger partial charge < -0.3 is 14.2 Å². The molecule has 5 nitrogen and oxygen atoms in total. The Labute approximate surface area is 144 Å². The topological polar surface area (TPSA) is 68.3 Å². The van der Waals surface area contributed by atoms with E-state index in [2.05, 4.69) is 10.3 Å². The van der Waals surface area contributed by atoms with Gasteiger partial charge in [0, 0.05) is 16.6 Å². The van der Waals surface area contributed by atoms with Crippen LogP contribution < -0.4 is 5.32 Å². The first-order chi connectivity index (χ1) is 12.1. The molecule has 0 aliphatic rings. The van der Waals surface area contributed by atoms with Crippen LogP contribution in [-0.4, -0.2) is 10.9 Å². The Morgan fingerprint density at radius 2 is 1.96 bits per heavy atom. The van der Waals surface area contributed by atoms with Crippen molar-refractivity contribution in [2.45, 2.75) is 13.8 Å². The minimum absolute atomic E-state index is 0.218. The van der Waals surface area contributed by atoms with Crippen LogP contribution >= 0.6 is 0 Å². The second-order valence-electron chi connectivity index (χ2n) is 5.97. The van der Waals surface area contributed by atoms with Gasteiger partial charge in [-0.2, -0.15) is 0 Å². The maximum Gasteiger partial charge on any atom is 0.259 e. The predicted molar refractivity (Wildman–Crippen MR) is 95.6 cm³/mol. The molecule has 0 aliphatic carbocycles. The zero-order valence-corrected chi connectivity index (χ0v) is 13.9. The van der Waals surface area contributed by atoms with Crippen LogP contribution in [0.1, 0.15) is 21.5 Å². The molecule has 4 rings (SSSR count). The molecule has 0 saturated heterocycles. The molecule has 2 aromatic carbocycles. The summed E-state index contributed by atoms with van der Waals surface area (Å²) in [7, 11) is 0. The van der Waals surface area contributed by atoms with Crippen LogP contribution in [0.15, 0.2) is 64.0 Å². The fraction of sp³-hybridized carbons (Fsp3) is 0.100. The Balaban J connectivity index is 1.65. The van der Waals surface area contributed by atoms with Crippen molar-refractivity contribution in [2.75, 3.05) is 5.32 Å². The van der Waals surface area contributed by atoms with Crippen LogP contribution in [0.25, 0.3) is 22.4 Å². The third-order valence-corrected chi connectivity index (χ3v) is 4.13. The van der Waals surface area contributed by atoms with E-state index >= 15 is 0 Å². The van der Waals surface area contributed by atoms with Crippen LogP contribution in [0.2, 0.25) is 0 Å². The lowest BCUT2D eigenvalue weighted by atomic mass is 10.1. The fourth-order valence-corrected chi connectivity index (χ4v) is 2.80. The van der Waals surface area contributed by atoms with Crippen molar-refractivity contribution in [1.82, 2.24) is 4.98 Å². The molecule has 0 atom stereocenters. The lowest BCUT2D eigenvalue weighted by molar-refractivity contribution is 0.102. The quantitative estimate of drug-likeness (QED) is 0.576. The fourth-order valence-electron chi connectivity index (χ4n) is 2.80. The number of rotatable bonds is 3. The molecule has 0 fully saturated rings. The van der Waals surface area contributed by atoms with Crippen molar-refractivity contribution in [3.8, 4) is 11.5 Å². The number of aromatic nitrogens is 1. The summed E-state index contributed by atoms with van der Waals surface area (Å²) in [5.41, 5.74) is 4.83. The second-order valence-corrected chi connectivity index (χ2v) is 5.97. The van der Waals surface area contributed by atoms with Gasteiger partial charge in [-0.15, -0.1) is 0 Å². The molecule has 4 aromatic rings. The molecule has 0 spiro atoms. The highest BCUT2D eigenvalue weighted by molar-refractivity contribution is 6.12. The highest BCUT2D eigenvalue weighted by atomic mass is 16.3. The van der Waals surface area contributed by atoms with Crippen molar-refractivity contribution >= 4 is 22.6 Å². The van der Waals surface area contributed by atoms with Crippen LogP contribution in [0, 0.1) is 13.8 Å². The van der Waals surface area contributed by atoms with Gasteiger partial charge in [-0.3, -0.25) is 4.79 Å². The van der Waals surface area contributed by atoms with Crippen molar-refractivity contribution in [2.24, 2.45) is 0 Å². The summed E-state index contributed by atoms with van der Waals surface area (Å²) in [5, 5.41) is 3.71. The number of carbonyl (C=O) groups is 1. The Kier molecular flexibility index (Phi) is 3.61. The van der Waals surface area contributed by atoms with Gasteiger partial charge in [0.15, 0.2) is 0 Å². The molecule has 2 heterocycles. The van der Waals surface area contributed by atoms with Gasteiger partial charge in [-0.05, 0) is 43.2 Å². The molecule has 1 N–H and O–H groups in total. The van der Waals surface area contributed by atoms with E-state index in [-0.39, 0.29) is 5.91 Å². The largest absolute Gasteiger partial charge is 0.463 e. The van der Waals surface area contributed by atoms with E-state index in [1.54, 1.807) is 6.20 Å². The summed E-state index contributed by atoms with van der Waals surface area (Å²) in [6.45, 7) is 3.95. The molecule has 5 heteroatoms. The molecule has 0 bridgehead atoms. The molecular formula is C20H16N2O3. The normalized spacial score (nSPS) is 11.0. The lowest BCUT2D eigenvalue weighted by Gasteiger charge is -2.08. The Morgan fingerprint density at radius 3 is 2.76 bits per heavy atom. The van der Waals surface area contributed by atoms with E-state index in [1.165, 1.54) is 12.5 Å². The zero-order valence-electron chi connectivity index (χ0n) is 13.9. The summed E-state index contributed by atoms with van der Waals surface area (Å²) in [6, 6.07) is 11.4. The summed E-state index contributed by atoms with van der Waals surface area (Å²) < 4.78 is 10.9. The van der Waals surface area contributed by atoms with Gasteiger partial charge in [-0.25, -0.2) is 4.98 Å². The Morgan fingerprint density at radius 1 is 1.08 bits per heavy atom. The minimum Gasteiger partial charge on any atom is -0.463 e. The molecule has 0 aliphatic heterocycles. The summed E-state index contributed by atoms with van der Waals surface area (Å²) in [5.74, 6) is 0.308. The van der Waals surface area contributed by atoms with E-state index in [9.17, 15) is 4.79 Å². The third-order valence-electron chi connectivity index (χ3n) is 4.13. The van der Waals surface area contributed by atoms with Gasteiger partial charge in [0.2, 0.25) is 5.89 Å². The van der Waals surface area contributed by atoms with E-state index in [0.29, 0.717) is 22.7 Å². The number of furan rings is 1. The van der Waals surface area contributed by atoms with E-state index in [0.717, 1.165) is 22.1 Å². The first-order valence-corrected chi connectivity index (χ1v) is 7.91. The highest BCUT2D eigenvalue weighted by Gasteiger charge is 2.15. The minimum atomic E-state index is -0.218. The second kappa shape index (κ2) is 5.94. The third kappa shape index (κ3) is 2.80. The van der Waals surface area contributed by atoms with Crippen molar-refractivity contribution in [1.29, 1.82) is 0 Å². The van der Waals surface area contributed by atoms with Gasteiger partial charge in [0.1, 0.15) is 18.1 Å². The van der Waals surface area contributed by atoms with Crippen molar-refractivity contribution < 1.29 is 13.6 Å². The predicted octanol–water partition coefficient (Wildman–Crippen LogP) is 4.96. The average molecular weight is 332 g/mol. The summed E-state index contributed by atoms with van der Waals surface area (Å²) >= 11 is 0. The molecular weight excluding hydrogens is 316 g/mol. The molecule has 0 saturated carbocycles. The number of nitrogens with one attached hydrogen (secondary N) is 1. The summed E-state index contributed by atoms with van der Waals surface area (Å²) in [6.07, 6.45) is 4.61. The van der Waals surface area contributed by atoms with E-state index < -0.39 is 0 Å². The number of nitrogens with zero attached hydrogens (tertiary/aromatic N) is 1. The molecule has 1 amide bonds. The van der Waals surface area contributed by atoms with Gasteiger partial charge in [0.05, 0.1) is 11.8 Å². The molecule has 124 valence electrons. The summed E-state index contributed by atoms with van der Waals surface area (Å²) in [4.78, 5) is 16.8. The monoisotopic (exact) mass is 332 g/mol. The molecule has 2 aromatic heterocycles. The number of aryl methyl sites for hydroxylation is 2. The average Bonchev–Trinajstić information content (AvgIpc) is 3.25. The van der Waals surface area contributed by atoms with Gasteiger partial charge in [-0.1, -0.05) is 18.2 Å². The SMILES string of the molecule is Cc1ccc2c(C(=O)Nc3ccc(C)c(-c4ncco4)c3)coc2c1.